The second-order valence-corrected chi connectivity index (χ2v) is 11.8. The van der Waals surface area contributed by atoms with Crippen LogP contribution in [0.3, 0.4) is 0 Å². The Morgan fingerprint density at radius 2 is 0.583 bits per heavy atom. The van der Waals surface area contributed by atoms with Gasteiger partial charge in [-0.3, -0.25) is 4.79 Å². The Kier molecular flexibility index (Phi) is 30.2. The lowest BCUT2D eigenvalue weighted by Crippen LogP contribution is -2.13. The number of hydrogen-bond acceptors (Lipinski definition) is 1. The van der Waals surface area contributed by atoms with E-state index in [1.54, 1.807) is 0 Å². The predicted molar refractivity (Wildman–Crippen MR) is 161 cm³/mol. The van der Waals surface area contributed by atoms with Crippen molar-refractivity contribution in [2.75, 3.05) is 0 Å². The molecular formula is C34H68O2. The van der Waals surface area contributed by atoms with Crippen molar-refractivity contribution < 1.29 is 9.90 Å². The lowest BCUT2D eigenvalue weighted by Gasteiger charge is -2.12. The van der Waals surface area contributed by atoms with E-state index in [0.29, 0.717) is 0 Å². The third kappa shape index (κ3) is 28.0. The summed E-state index contributed by atoms with van der Waals surface area (Å²) in [5.41, 5.74) is 0. The number of aliphatic carboxylic acids is 1. The third-order valence-electron chi connectivity index (χ3n) is 8.16. The van der Waals surface area contributed by atoms with Crippen LogP contribution in [0.5, 0.6) is 0 Å². The molecule has 1 atom stereocenters. The lowest BCUT2D eigenvalue weighted by atomic mass is 9.94. The molecule has 1 unspecified atom stereocenters. The lowest BCUT2D eigenvalue weighted by molar-refractivity contribution is -0.142. The highest BCUT2D eigenvalue weighted by atomic mass is 16.4. The molecule has 0 aliphatic rings. The van der Waals surface area contributed by atoms with Crippen LogP contribution in [0.4, 0.5) is 0 Å². The Morgan fingerprint density at radius 1 is 0.389 bits per heavy atom. The number of hydrogen-bond donors (Lipinski definition) is 1. The minimum Gasteiger partial charge on any atom is -0.481 e. The van der Waals surface area contributed by atoms with E-state index in [0.717, 1.165) is 25.7 Å². The number of carboxylic acids is 1. The van der Waals surface area contributed by atoms with Crippen molar-refractivity contribution in [3.05, 3.63) is 0 Å². The summed E-state index contributed by atoms with van der Waals surface area (Å²) in [6, 6.07) is 0. The Morgan fingerprint density at radius 3 is 0.778 bits per heavy atom. The summed E-state index contributed by atoms with van der Waals surface area (Å²) in [5.74, 6) is -0.654. The largest absolute Gasteiger partial charge is 0.481 e. The van der Waals surface area contributed by atoms with Crippen LogP contribution in [0.25, 0.3) is 0 Å². The Bertz CT molecular complexity index is 419. The first-order valence-electron chi connectivity index (χ1n) is 16.9. The highest BCUT2D eigenvalue weighted by Crippen LogP contribution is 2.20. The van der Waals surface area contributed by atoms with Gasteiger partial charge in [-0.25, -0.2) is 0 Å². The summed E-state index contributed by atoms with van der Waals surface area (Å²) < 4.78 is 0. The van der Waals surface area contributed by atoms with Crippen LogP contribution < -0.4 is 0 Å². The molecule has 2 nitrogen and oxygen atoms in total. The number of unbranched alkanes of at least 4 members (excludes halogenated alkanes) is 26. The third-order valence-corrected chi connectivity index (χ3v) is 8.16. The highest BCUT2D eigenvalue weighted by Gasteiger charge is 2.16. The van der Waals surface area contributed by atoms with Crippen molar-refractivity contribution in [2.45, 2.75) is 206 Å². The van der Waals surface area contributed by atoms with Crippen LogP contribution in [0.2, 0.25) is 0 Å². The summed E-state index contributed by atoms with van der Waals surface area (Å²) in [6.45, 7) is 4.57. The van der Waals surface area contributed by atoms with E-state index in [9.17, 15) is 9.90 Å². The smallest absolute Gasteiger partial charge is 0.306 e. The molecule has 1 N–H and O–H groups in total. The molecule has 36 heavy (non-hydrogen) atoms. The minimum atomic E-state index is -0.556. The monoisotopic (exact) mass is 509 g/mol. The maximum absolute atomic E-state index is 11.6. The number of carboxylic acid groups (broad SMARTS) is 1. The average molecular weight is 509 g/mol. The van der Waals surface area contributed by atoms with E-state index >= 15 is 0 Å². The van der Waals surface area contributed by atoms with Gasteiger partial charge in [0, 0.05) is 0 Å². The van der Waals surface area contributed by atoms with Crippen molar-refractivity contribution >= 4 is 5.97 Å². The first-order chi connectivity index (χ1) is 17.7. The number of carbonyl (C=O) groups is 1. The van der Waals surface area contributed by atoms with E-state index in [4.69, 9.17) is 0 Å². The zero-order chi connectivity index (χ0) is 26.4. The van der Waals surface area contributed by atoms with E-state index < -0.39 is 5.97 Å². The molecule has 0 fully saturated rings. The van der Waals surface area contributed by atoms with Crippen LogP contribution in [0.15, 0.2) is 0 Å². The van der Waals surface area contributed by atoms with Crippen molar-refractivity contribution in [1.29, 1.82) is 0 Å². The first kappa shape index (κ1) is 35.5. The molecule has 0 saturated carbocycles. The maximum Gasteiger partial charge on any atom is 0.306 e. The second-order valence-electron chi connectivity index (χ2n) is 11.8. The van der Waals surface area contributed by atoms with Crippen LogP contribution in [-0.2, 0) is 4.79 Å². The summed E-state index contributed by atoms with van der Waals surface area (Å²) >= 11 is 0. The van der Waals surface area contributed by atoms with Gasteiger partial charge < -0.3 is 5.11 Å². The molecule has 0 radical (unpaired) electrons. The minimum absolute atomic E-state index is 0.0975. The Hall–Kier alpha value is -0.530. The van der Waals surface area contributed by atoms with Crippen molar-refractivity contribution in [2.24, 2.45) is 5.92 Å². The Labute approximate surface area is 228 Å². The molecule has 0 heterocycles. The van der Waals surface area contributed by atoms with Gasteiger partial charge in [0.15, 0.2) is 0 Å². The van der Waals surface area contributed by atoms with Crippen molar-refractivity contribution in [3.8, 4) is 0 Å². The van der Waals surface area contributed by atoms with Crippen LogP contribution in [-0.4, -0.2) is 11.1 Å². The second kappa shape index (κ2) is 30.7. The summed E-state index contributed by atoms with van der Waals surface area (Å²) in [7, 11) is 0. The molecule has 2 heteroatoms. The molecule has 0 saturated heterocycles. The van der Waals surface area contributed by atoms with Crippen molar-refractivity contribution in [3.63, 3.8) is 0 Å². The van der Waals surface area contributed by atoms with E-state index in [1.807, 2.05) is 0 Å². The highest BCUT2D eigenvalue weighted by molar-refractivity contribution is 5.69. The van der Waals surface area contributed by atoms with Crippen LogP contribution in [0.1, 0.15) is 206 Å². The van der Waals surface area contributed by atoms with Gasteiger partial charge in [-0.2, -0.15) is 0 Å². The Balaban J connectivity index is 3.39. The van der Waals surface area contributed by atoms with Gasteiger partial charge in [0.25, 0.3) is 0 Å². The molecule has 0 aromatic carbocycles. The van der Waals surface area contributed by atoms with Gasteiger partial charge >= 0.3 is 5.97 Å². The molecule has 0 aromatic rings. The van der Waals surface area contributed by atoms with Crippen LogP contribution in [0, 0.1) is 5.92 Å². The predicted octanol–water partition coefficient (Wildman–Crippen LogP) is 12.4. The molecule has 0 spiro atoms. The molecule has 0 aromatic heterocycles. The van der Waals surface area contributed by atoms with Gasteiger partial charge in [-0.05, 0) is 12.8 Å². The zero-order valence-corrected chi connectivity index (χ0v) is 25.1. The quantitative estimate of drug-likeness (QED) is 0.0945. The van der Waals surface area contributed by atoms with Gasteiger partial charge in [0.2, 0.25) is 0 Å². The van der Waals surface area contributed by atoms with Gasteiger partial charge in [-0.15, -0.1) is 0 Å². The standard InChI is InChI=1S/C34H68O2/c1-3-5-7-9-11-13-15-17-18-20-22-24-26-28-30-32-33(34(35)36)31-29-27-25-23-21-19-16-14-12-10-8-6-4-2/h33H,3-32H2,1-2H3,(H,35,36). The molecule has 216 valence electrons. The fourth-order valence-electron chi connectivity index (χ4n) is 5.56. The van der Waals surface area contributed by atoms with E-state index in [-0.39, 0.29) is 5.92 Å². The maximum atomic E-state index is 11.6. The fraction of sp³-hybridized carbons (Fsp3) is 0.971. The molecule has 0 rings (SSSR count). The topological polar surface area (TPSA) is 37.3 Å². The molecular weight excluding hydrogens is 440 g/mol. The van der Waals surface area contributed by atoms with Crippen molar-refractivity contribution in [1.82, 2.24) is 0 Å². The van der Waals surface area contributed by atoms with E-state index in [1.165, 1.54) is 167 Å². The fourth-order valence-corrected chi connectivity index (χ4v) is 5.56. The van der Waals surface area contributed by atoms with E-state index in [2.05, 4.69) is 13.8 Å². The zero-order valence-electron chi connectivity index (χ0n) is 25.1. The van der Waals surface area contributed by atoms with Gasteiger partial charge in [0.05, 0.1) is 5.92 Å². The molecule has 0 amide bonds. The number of rotatable bonds is 31. The summed E-state index contributed by atoms with van der Waals surface area (Å²) in [6.07, 6.45) is 39.9. The molecule has 0 aliphatic carbocycles. The molecule has 0 bridgehead atoms. The summed E-state index contributed by atoms with van der Waals surface area (Å²) in [5, 5.41) is 9.58. The SMILES string of the molecule is CCCCCCCCCCCCCCCCCC(CCCCCCCCCCCCCCC)C(=O)O. The normalized spacial score (nSPS) is 12.3. The summed E-state index contributed by atoms with van der Waals surface area (Å²) in [4.78, 5) is 11.6. The van der Waals surface area contributed by atoms with Crippen LogP contribution >= 0.6 is 0 Å². The first-order valence-corrected chi connectivity index (χ1v) is 16.9. The van der Waals surface area contributed by atoms with Gasteiger partial charge in [0.1, 0.15) is 0 Å². The molecule has 0 aliphatic heterocycles. The van der Waals surface area contributed by atoms with Gasteiger partial charge in [-0.1, -0.05) is 194 Å². The average Bonchev–Trinajstić information content (AvgIpc) is 2.87.